The molecule has 3 rings (SSSR count). The van der Waals surface area contributed by atoms with Gasteiger partial charge in [-0.25, -0.2) is 0 Å². The van der Waals surface area contributed by atoms with Gasteiger partial charge in [-0.3, -0.25) is 0 Å². The maximum atomic E-state index is 12.0. The van der Waals surface area contributed by atoms with E-state index in [0.29, 0.717) is 32.7 Å². The zero-order valence-corrected chi connectivity index (χ0v) is 10.7. The van der Waals surface area contributed by atoms with Gasteiger partial charge in [0.1, 0.15) is 5.69 Å². The standard InChI is InChI=1S/C13H8Cl2N2O/c14-10-3-1-8-5-9-2-4-11(15)7-13(9)17(18)16-12(8)6-10/h1-4,6-7H,5H2. The molecule has 1 heterocycles. The molecule has 0 saturated heterocycles. The molecule has 2 aromatic rings. The van der Waals surface area contributed by atoms with Gasteiger partial charge in [0, 0.05) is 33.2 Å². The number of halogens is 2. The quantitative estimate of drug-likeness (QED) is 0.503. The molecule has 1 aliphatic rings. The highest BCUT2D eigenvalue weighted by molar-refractivity contribution is 6.31. The fraction of sp³-hybridized carbons (Fsp3) is 0.0769. The molecule has 0 bridgehead atoms. The lowest BCUT2D eigenvalue weighted by Crippen LogP contribution is -1.94. The number of nitrogens with zero attached hydrogens (tertiary/aromatic N) is 2. The summed E-state index contributed by atoms with van der Waals surface area (Å²) < 4.78 is 0. The minimum absolute atomic E-state index is 0.481. The van der Waals surface area contributed by atoms with E-state index >= 15 is 0 Å². The van der Waals surface area contributed by atoms with Gasteiger partial charge in [0.25, 0.3) is 0 Å². The molecule has 0 aromatic heterocycles. The monoisotopic (exact) mass is 278 g/mol. The Morgan fingerprint density at radius 1 is 1.00 bits per heavy atom. The van der Waals surface area contributed by atoms with Crippen molar-refractivity contribution in [1.82, 2.24) is 0 Å². The summed E-state index contributed by atoms with van der Waals surface area (Å²) in [5.41, 5.74) is 2.96. The lowest BCUT2D eigenvalue weighted by molar-refractivity contribution is -0.435. The first-order valence-electron chi connectivity index (χ1n) is 5.39. The molecule has 0 radical (unpaired) electrons. The van der Waals surface area contributed by atoms with E-state index in [1.165, 1.54) is 0 Å². The summed E-state index contributed by atoms with van der Waals surface area (Å²) in [5.74, 6) is 0. The second-order valence-corrected chi connectivity index (χ2v) is 4.97. The van der Waals surface area contributed by atoms with Crippen LogP contribution >= 0.6 is 23.2 Å². The highest BCUT2D eigenvalue weighted by Gasteiger charge is 2.20. The topological polar surface area (TPSA) is 38.4 Å². The smallest absolute Gasteiger partial charge is 0.249 e. The maximum absolute atomic E-state index is 12.0. The molecule has 0 unspecified atom stereocenters. The Morgan fingerprint density at radius 3 is 2.44 bits per heavy atom. The van der Waals surface area contributed by atoms with Gasteiger partial charge in [0.2, 0.25) is 5.69 Å². The average Bonchev–Trinajstić information content (AvgIpc) is 2.46. The number of hydrogen-bond donors (Lipinski definition) is 0. The minimum Gasteiger partial charge on any atom is -0.594 e. The Hall–Kier alpha value is -1.58. The second-order valence-electron chi connectivity index (χ2n) is 4.10. The summed E-state index contributed by atoms with van der Waals surface area (Å²) in [6, 6.07) is 10.6. The molecule has 5 heteroatoms. The lowest BCUT2D eigenvalue weighted by Gasteiger charge is -2.03. The first-order valence-corrected chi connectivity index (χ1v) is 6.15. The van der Waals surface area contributed by atoms with E-state index in [1.807, 2.05) is 12.1 Å². The Labute approximate surface area is 114 Å². The van der Waals surface area contributed by atoms with Crippen LogP contribution in [0.25, 0.3) is 0 Å². The summed E-state index contributed by atoms with van der Waals surface area (Å²) in [4.78, 5) is 0.601. The van der Waals surface area contributed by atoms with E-state index in [9.17, 15) is 5.21 Å². The predicted octanol–water partition coefficient (Wildman–Crippen LogP) is 4.82. The summed E-state index contributed by atoms with van der Waals surface area (Å²) in [6.07, 6.45) is 0.640. The molecule has 0 atom stereocenters. The van der Waals surface area contributed by atoms with Crippen molar-refractivity contribution in [2.45, 2.75) is 6.42 Å². The van der Waals surface area contributed by atoms with Gasteiger partial charge in [0.05, 0.1) is 0 Å². The molecule has 0 N–H and O–H groups in total. The number of fused-ring (bicyclic) bond motifs is 2. The van der Waals surface area contributed by atoms with Crippen molar-refractivity contribution < 1.29 is 4.86 Å². The zero-order chi connectivity index (χ0) is 12.7. The molecule has 90 valence electrons. The fourth-order valence-electron chi connectivity index (χ4n) is 2.00. The van der Waals surface area contributed by atoms with Crippen molar-refractivity contribution in [2.24, 2.45) is 5.11 Å². The van der Waals surface area contributed by atoms with E-state index in [2.05, 4.69) is 5.11 Å². The molecular formula is C13H8Cl2N2O. The Kier molecular flexibility index (Phi) is 2.73. The summed E-state index contributed by atoms with van der Waals surface area (Å²) in [6.45, 7) is 0. The summed E-state index contributed by atoms with van der Waals surface area (Å²) in [7, 11) is 0. The van der Waals surface area contributed by atoms with E-state index in [0.717, 1.165) is 11.1 Å². The van der Waals surface area contributed by atoms with Gasteiger partial charge < -0.3 is 5.21 Å². The molecule has 18 heavy (non-hydrogen) atoms. The van der Waals surface area contributed by atoms with E-state index < -0.39 is 0 Å². The third-order valence-corrected chi connectivity index (χ3v) is 3.35. The van der Waals surface area contributed by atoms with Gasteiger partial charge >= 0.3 is 0 Å². The molecule has 0 spiro atoms. The van der Waals surface area contributed by atoms with E-state index in [4.69, 9.17) is 23.2 Å². The normalized spacial score (nSPS) is 13.3. The van der Waals surface area contributed by atoms with Crippen LogP contribution < -0.4 is 0 Å². The third-order valence-electron chi connectivity index (χ3n) is 2.88. The maximum Gasteiger partial charge on any atom is 0.249 e. The van der Waals surface area contributed by atoms with Crippen LogP contribution in [0, 0.1) is 5.21 Å². The van der Waals surface area contributed by atoms with Crippen LogP contribution in [0.5, 0.6) is 0 Å². The first-order chi connectivity index (χ1) is 8.63. The molecule has 0 saturated carbocycles. The predicted molar refractivity (Wildman–Crippen MR) is 71.1 cm³/mol. The lowest BCUT2D eigenvalue weighted by atomic mass is 10.0. The molecule has 0 fully saturated rings. The SMILES string of the molecule is [O-][N+]1=Nc2cc(Cl)ccc2Cc2ccc(Cl)cc21. The van der Waals surface area contributed by atoms with Gasteiger partial charge in [0.15, 0.2) is 0 Å². The number of benzene rings is 2. The van der Waals surface area contributed by atoms with Crippen LogP contribution in [-0.2, 0) is 6.42 Å². The number of azo groups is 1. The minimum atomic E-state index is 0.481. The number of hydrogen-bond acceptors (Lipinski definition) is 2. The summed E-state index contributed by atoms with van der Waals surface area (Å²) >= 11 is 11.8. The molecule has 0 amide bonds. The Bertz CT molecular complexity index is 668. The molecule has 3 nitrogen and oxygen atoms in total. The first kappa shape index (κ1) is 11.5. The van der Waals surface area contributed by atoms with E-state index in [-0.39, 0.29) is 0 Å². The summed E-state index contributed by atoms with van der Waals surface area (Å²) in [5, 5.41) is 17.1. The van der Waals surface area contributed by atoms with Gasteiger partial charge in [-0.15, -0.1) is 0 Å². The third kappa shape index (κ3) is 1.96. The van der Waals surface area contributed by atoms with Crippen molar-refractivity contribution in [3.63, 3.8) is 0 Å². The zero-order valence-electron chi connectivity index (χ0n) is 9.23. The highest BCUT2D eigenvalue weighted by atomic mass is 35.5. The Balaban J connectivity index is 2.23. The van der Waals surface area contributed by atoms with E-state index in [1.54, 1.807) is 24.3 Å². The van der Waals surface area contributed by atoms with Gasteiger partial charge in [-0.05, 0) is 28.6 Å². The van der Waals surface area contributed by atoms with Gasteiger partial charge in [-0.2, -0.15) is 0 Å². The highest BCUT2D eigenvalue weighted by Crippen LogP contribution is 2.34. The molecule has 0 aliphatic carbocycles. The van der Waals surface area contributed by atoms with Crippen molar-refractivity contribution in [1.29, 1.82) is 0 Å². The molecule has 1 aliphatic heterocycles. The van der Waals surface area contributed by atoms with Gasteiger partial charge in [-0.1, -0.05) is 35.3 Å². The van der Waals surface area contributed by atoms with Crippen molar-refractivity contribution in [3.05, 3.63) is 62.8 Å². The van der Waals surface area contributed by atoms with Crippen LogP contribution in [0.2, 0.25) is 10.0 Å². The molecule has 2 aromatic carbocycles. The van der Waals surface area contributed by atoms with Crippen molar-refractivity contribution >= 4 is 34.6 Å². The average molecular weight is 279 g/mol. The van der Waals surface area contributed by atoms with Crippen molar-refractivity contribution in [3.8, 4) is 0 Å². The van der Waals surface area contributed by atoms with Crippen LogP contribution in [0.1, 0.15) is 11.1 Å². The van der Waals surface area contributed by atoms with Crippen LogP contribution in [0.3, 0.4) is 0 Å². The fourth-order valence-corrected chi connectivity index (χ4v) is 2.33. The number of rotatable bonds is 0. The Morgan fingerprint density at radius 2 is 1.67 bits per heavy atom. The van der Waals surface area contributed by atoms with Crippen LogP contribution in [-0.4, -0.2) is 4.86 Å². The van der Waals surface area contributed by atoms with Crippen molar-refractivity contribution in [2.75, 3.05) is 0 Å². The second kappa shape index (κ2) is 4.26. The van der Waals surface area contributed by atoms with Crippen LogP contribution in [0.4, 0.5) is 11.4 Å². The largest absolute Gasteiger partial charge is 0.594 e. The molecular weight excluding hydrogens is 271 g/mol. The van der Waals surface area contributed by atoms with Crippen LogP contribution in [0.15, 0.2) is 41.5 Å².